The average Bonchev–Trinajstić information content (AvgIpc) is 3.32. The molecule has 1 aromatic carbocycles. The second kappa shape index (κ2) is 6.80. The van der Waals surface area contributed by atoms with E-state index in [1.807, 2.05) is 23.1 Å². The maximum absolute atomic E-state index is 12.6. The fourth-order valence-corrected chi connectivity index (χ4v) is 3.55. The summed E-state index contributed by atoms with van der Waals surface area (Å²) in [5, 5.41) is 3.65. The Balaban J connectivity index is 1.55. The number of carbonyl (C=O) groups excluding carboxylic acids is 1. The lowest BCUT2D eigenvalue weighted by molar-refractivity contribution is 0.0704. The maximum atomic E-state index is 12.6. The highest BCUT2D eigenvalue weighted by atomic mass is 79.9. The lowest BCUT2D eigenvalue weighted by atomic mass is 10.0. The van der Waals surface area contributed by atoms with Gasteiger partial charge in [0.15, 0.2) is 0 Å². The highest BCUT2D eigenvalue weighted by Gasteiger charge is 2.27. The Labute approximate surface area is 142 Å². The number of likely N-dealkylation sites (tertiary alicyclic amines) is 1. The fraction of sp³-hybridized carbons (Fsp3) is 0.562. The number of halogens is 2. The van der Waals surface area contributed by atoms with Crippen LogP contribution in [0.4, 0.5) is 0 Å². The Morgan fingerprint density at radius 3 is 2.57 bits per heavy atom. The van der Waals surface area contributed by atoms with Gasteiger partial charge in [0, 0.05) is 28.1 Å². The van der Waals surface area contributed by atoms with E-state index in [0.29, 0.717) is 6.04 Å². The second-order valence-electron chi connectivity index (χ2n) is 6.04. The van der Waals surface area contributed by atoms with Crippen molar-refractivity contribution in [2.45, 2.75) is 31.7 Å². The first-order valence-electron chi connectivity index (χ1n) is 7.61. The van der Waals surface area contributed by atoms with Crippen LogP contribution in [-0.4, -0.2) is 36.5 Å². The van der Waals surface area contributed by atoms with Crippen molar-refractivity contribution in [1.82, 2.24) is 10.2 Å². The molecule has 2 fully saturated rings. The first-order chi connectivity index (χ1) is 10.1. The average molecular weight is 416 g/mol. The molecule has 5 heteroatoms. The highest BCUT2D eigenvalue weighted by Crippen LogP contribution is 2.28. The molecule has 1 aromatic rings. The van der Waals surface area contributed by atoms with Crippen LogP contribution in [0.25, 0.3) is 0 Å². The summed E-state index contributed by atoms with van der Waals surface area (Å²) in [5.41, 5.74) is 0.744. The Hall–Kier alpha value is -0.390. The Morgan fingerprint density at radius 1 is 1.19 bits per heavy atom. The highest BCUT2D eigenvalue weighted by molar-refractivity contribution is 9.11. The van der Waals surface area contributed by atoms with Crippen molar-refractivity contribution in [2.75, 3.05) is 19.6 Å². The van der Waals surface area contributed by atoms with Crippen LogP contribution in [0, 0.1) is 5.92 Å². The normalized spacial score (nSPS) is 19.8. The van der Waals surface area contributed by atoms with Gasteiger partial charge in [0.25, 0.3) is 5.91 Å². The minimum Gasteiger partial charge on any atom is -0.338 e. The summed E-state index contributed by atoms with van der Waals surface area (Å²) in [6.45, 7) is 2.86. The van der Waals surface area contributed by atoms with Gasteiger partial charge >= 0.3 is 0 Å². The molecular weight excluding hydrogens is 396 g/mol. The molecule has 3 rings (SSSR count). The predicted molar refractivity (Wildman–Crippen MR) is 91.5 cm³/mol. The quantitative estimate of drug-likeness (QED) is 0.810. The van der Waals surface area contributed by atoms with E-state index >= 15 is 0 Å². The minimum absolute atomic E-state index is 0.129. The molecule has 1 heterocycles. The van der Waals surface area contributed by atoms with E-state index in [0.717, 1.165) is 52.9 Å². The van der Waals surface area contributed by atoms with Crippen molar-refractivity contribution < 1.29 is 4.79 Å². The summed E-state index contributed by atoms with van der Waals surface area (Å²) in [6, 6.07) is 6.33. The number of carbonyl (C=O) groups is 1. The summed E-state index contributed by atoms with van der Waals surface area (Å²) in [7, 11) is 0. The first kappa shape index (κ1) is 15.5. The van der Waals surface area contributed by atoms with E-state index in [2.05, 4.69) is 37.2 Å². The maximum Gasteiger partial charge on any atom is 0.255 e. The van der Waals surface area contributed by atoms with E-state index in [9.17, 15) is 4.79 Å². The van der Waals surface area contributed by atoms with Crippen LogP contribution in [0.1, 0.15) is 36.0 Å². The number of hydrogen-bond donors (Lipinski definition) is 1. The van der Waals surface area contributed by atoms with E-state index in [4.69, 9.17) is 0 Å². The number of hydrogen-bond acceptors (Lipinski definition) is 2. The summed E-state index contributed by atoms with van der Waals surface area (Å²) in [5.74, 6) is 1.05. The van der Waals surface area contributed by atoms with Crippen molar-refractivity contribution in [3.63, 3.8) is 0 Å². The third-order valence-electron chi connectivity index (χ3n) is 4.33. The zero-order valence-electron chi connectivity index (χ0n) is 11.9. The molecule has 0 radical (unpaired) electrons. The van der Waals surface area contributed by atoms with Crippen molar-refractivity contribution in [3.8, 4) is 0 Å². The van der Waals surface area contributed by atoms with Crippen molar-refractivity contribution in [2.24, 2.45) is 5.92 Å². The Bertz CT molecular complexity index is 523. The van der Waals surface area contributed by atoms with Gasteiger partial charge in [-0.15, -0.1) is 0 Å². The van der Waals surface area contributed by atoms with E-state index in [-0.39, 0.29) is 5.91 Å². The van der Waals surface area contributed by atoms with Crippen LogP contribution in [0.2, 0.25) is 0 Å². The van der Waals surface area contributed by atoms with Crippen LogP contribution in [0.5, 0.6) is 0 Å². The minimum atomic E-state index is 0.129. The van der Waals surface area contributed by atoms with Crippen LogP contribution in [-0.2, 0) is 0 Å². The predicted octanol–water partition coefficient (Wildman–Crippen LogP) is 3.82. The van der Waals surface area contributed by atoms with Gasteiger partial charge in [-0.3, -0.25) is 4.79 Å². The molecule has 1 saturated carbocycles. The van der Waals surface area contributed by atoms with E-state index < -0.39 is 0 Å². The third kappa shape index (κ3) is 4.08. The molecule has 2 aliphatic rings. The molecule has 1 saturated heterocycles. The van der Waals surface area contributed by atoms with Crippen molar-refractivity contribution >= 4 is 37.8 Å². The van der Waals surface area contributed by atoms with Gasteiger partial charge in [-0.05, 0) is 72.3 Å². The zero-order valence-corrected chi connectivity index (χ0v) is 15.1. The molecule has 3 nitrogen and oxygen atoms in total. The molecule has 0 spiro atoms. The molecule has 114 valence electrons. The Kier molecular flexibility index (Phi) is 5.02. The van der Waals surface area contributed by atoms with Gasteiger partial charge in [-0.25, -0.2) is 0 Å². The molecule has 21 heavy (non-hydrogen) atoms. The van der Waals surface area contributed by atoms with E-state index in [1.54, 1.807) is 0 Å². The molecule has 1 aliphatic carbocycles. The summed E-state index contributed by atoms with van der Waals surface area (Å²) in [4.78, 5) is 14.6. The smallest absolute Gasteiger partial charge is 0.255 e. The van der Waals surface area contributed by atoms with Crippen molar-refractivity contribution in [3.05, 3.63) is 32.7 Å². The van der Waals surface area contributed by atoms with Crippen LogP contribution in [0.3, 0.4) is 0 Å². The van der Waals surface area contributed by atoms with Crippen molar-refractivity contribution in [1.29, 1.82) is 0 Å². The topological polar surface area (TPSA) is 32.3 Å². The molecule has 0 bridgehead atoms. The van der Waals surface area contributed by atoms with Crippen LogP contribution >= 0.6 is 31.9 Å². The largest absolute Gasteiger partial charge is 0.338 e. The van der Waals surface area contributed by atoms with E-state index in [1.165, 1.54) is 12.8 Å². The van der Waals surface area contributed by atoms with Gasteiger partial charge in [0.1, 0.15) is 0 Å². The van der Waals surface area contributed by atoms with Gasteiger partial charge in [-0.2, -0.15) is 0 Å². The molecular formula is C16H20Br2N2O. The number of amides is 1. The molecule has 1 amide bonds. The number of piperidine rings is 1. The second-order valence-corrected chi connectivity index (χ2v) is 7.81. The number of nitrogens with zero attached hydrogens (tertiary/aromatic N) is 1. The van der Waals surface area contributed by atoms with Gasteiger partial charge in [0.2, 0.25) is 0 Å². The van der Waals surface area contributed by atoms with Gasteiger partial charge < -0.3 is 10.2 Å². The summed E-state index contributed by atoms with van der Waals surface area (Å²) in [6.07, 6.45) is 4.90. The molecule has 0 atom stereocenters. The lowest BCUT2D eigenvalue weighted by Crippen LogP contribution is -2.45. The zero-order chi connectivity index (χ0) is 14.8. The number of benzene rings is 1. The number of rotatable bonds is 4. The monoisotopic (exact) mass is 414 g/mol. The third-order valence-corrected chi connectivity index (χ3v) is 5.52. The molecule has 1 N–H and O–H groups in total. The SMILES string of the molecule is O=C(c1cc(Br)ccc1Br)N1CCC(NCC2CC2)CC1. The summed E-state index contributed by atoms with van der Waals surface area (Å²) >= 11 is 6.91. The summed E-state index contributed by atoms with van der Waals surface area (Å²) < 4.78 is 1.81. The van der Waals surface area contributed by atoms with Crippen LogP contribution < -0.4 is 5.32 Å². The molecule has 0 aromatic heterocycles. The first-order valence-corrected chi connectivity index (χ1v) is 9.20. The van der Waals surface area contributed by atoms with Gasteiger partial charge in [0.05, 0.1) is 5.56 Å². The van der Waals surface area contributed by atoms with Gasteiger partial charge in [-0.1, -0.05) is 15.9 Å². The molecule has 0 unspecified atom stereocenters. The number of nitrogens with one attached hydrogen (secondary N) is 1. The Morgan fingerprint density at radius 2 is 1.90 bits per heavy atom. The fourth-order valence-electron chi connectivity index (χ4n) is 2.77. The van der Waals surface area contributed by atoms with Crippen LogP contribution in [0.15, 0.2) is 27.1 Å². The lowest BCUT2D eigenvalue weighted by Gasteiger charge is -2.33. The standard InChI is InChI=1S/C16H20Br2N2O/c17-12-3-4-15(18)14(9-12)16(21)20-7-5-13(6-8-20)19-10-11-1-2-11/h3-4,9,11,13,19H,1-2,5-8,10H2. The molecule has 1 aliphatic heterocycles.